The third-order valence-electron chi connectivity index (χ3n) is 6.90. The summed E-state index contributed by atoms with van der Waals surface area (Å²) in [7, 11) is 0. The molecule has 42 heavy (non-hydrogen) atoms. The van der Waals surface area contributed by atoms with Crippen molar-refractivity contribution < 1.29 is 32.3 Å². The summed E-state index contributed by atoms with van der Waals surface area (Å²) in [4.78, 5) is 39.5. The number of rotatable bonds is 4. The number of oxazole rings is 1. The first-order chi connectivity index (χ1) is 19.9. The maximum atomic E-state index is 13.8. The number of carbonyl (C=O) groups is 2. The van der Waals surface area contributed by atoms with Gasteiger partial charge >= 0.3 is 17.9 Å². The van der Waals surface area contributed by atoms with Gasteiger partial charge in [-0.2, -0.15) is 22.9 Å². The highest BCUT2D eigenvalue weighted by Crippen LogP contribution is 2.41. The number of halogens is 3. The lowest BCUT2D eigenvalue weighted by Gasteiger charge is -2.19. The number of hydrogen-bond donors (Lipinski definition) is 1. The Kier molecular flexibility index (Phi) is 6.10. The number of para-hydroxylation sites is 1. The quantitative estimate of drug-likeness (QED) is 0.264. The molecule has 0 fully saturated rings. The summed E-state index contributed by atoms with van der Waals surface area (Å²) in [5, 5.41) is 13.7. The lowest BCUT2D eigenvalue weighted by atomic mass is 10.0. The fraction of sp³-hybridized carbons (Fsp3) is 0.0968. The number of carboxylic acid groups (broad SMARTS) is 1. The number of carbonyl (C=O) groups excluding carboxylic acids is 1. The summed E-state index contributed by atoms with van der Waals surface area (Å²) in [6, 6.07) is 19.0. The Hall–Kier alpha value is -5.45. The van der Waals surface area contributed by atoms with Crippen LogP contribution >= 0.6 is 0 Å². The molecule has 11 heteroatoms. The van der Waals surface area contributed by atoms with E-state index in [2.05, 4.69) is 5.10 Å². The van der Waals surface area contributed by atoms with Crippen molar-refractivity contribution in [1.29, 1.82) is 0 Å². The summed E-state index contributed by atoms with van der Waals surface area (Å²) in [5.74, 6) is -2.79. The van der Waals surface area contributed by atoms with Gasteiger partial charge < -0.3 is 9.52 Å². The van der Waals surface area contributed by atoms with Crippen molar-refractivity contribution in [2.75, 3.05) is 4.90 Å². The van der Waals surface area contributed by atoms with Crippen LogP contribution in [0.25, 0.3) is 22.2 Å². The van der Waals surface area contributed by atoms with E-state index in [1.54, 1.807) is 50.2 Å². The van der Waals surface area contributed by atoms with Crippen LogP contribution in [-0.4, -0.2) is 27.4 Å². The molecule has 6 rings (SSSR count). The molecule has 1 aromatic heterocycles. The second-order valence-corrected chi connectivity index (χ2v) is 9.88. The number of benzene rings is 4. The number of alkyl halides is 3. The smallest absolute Gasteiger partial charge is 0.440 e. The van der Waals surface area contributed by atoms with Crippen molar-refractivity contribution in [3.05, 3.63) is 117 Å². The fourth-order valence-electron chi connectivity index (χ4n) is 5.13. The molecule has 1 aliphatic rings. The first kappa shape index (κ1) is 26.8. The Bertz CT molecular complexity index is 2020. The monoisotopic (exact) mass is 571 g/mol. The summed E-state index contributed by atoms with van der Waals surface area (Å²) < 4.78 is 47.4. The van der Waals surface area contributed by atoms with Crippen LogP contribution in [0.3, 0.4) is 0 Å². The standard InChI is InChI=1S/C31H20F3N3O5/c1-16-11-17(2)13-21(12-16)36-25-15-20(31(32,33)34)9-10-23(25)26(28(36)38)35-37-24-8-4-7-22(27(24)42-30(37)41)18-5-3-6-19(14-18)29(39)40/h3-15H,1-2H3,(H,39,40)/b35-26-. The number of amides is 1. The molecular weight excluding hydrogens is 551 g/mol. The third kappa shape index (κ3) is 4.44. The van der Waals surface area contributed by atoms with E-state index in [9.17, 15) is 32.7 Å². The summed E-state index contributed by atoms with van der Waals surface area (Å²) in [5.41, 5.74) is 2.04. The van der Waals surface area contributed by atoms with Crippen LogP contribution < -0.4 is 10.7 Å². The lowest BCUT2D eigenvalue weighted by Crippen LogP contribution is -2.27. The maximum absolute atomic E-state index is 13.8. The summed E-state index contributed by atoms with van der Waals surface area (Å²) in [6.07, 6.45) is -4.65. The number of nitrogens with zero attached hydrogens (tertiary/aromatic N) is 3. The highest BCUT2D eigenvalue weighted by molar-refractivity contribution is 6.55. The molecule has 0 aliphatic carbocycles. The van der Waals surface area contributed by atoms with Gasteiger partial charge in [0.25, 0.3) is 5.91 Å². The van der Waals surface area contributed by atoms with Crippen LogP contribution in [0.1, 0.15) is 32.6 Å². The van der Waals surface area contributed by atoms with Gasteiger partial charge in [-0.25, -0.2) is 9.59 Å². The second-order valence-electron chi connectivity index (χ2n) is 9.88. The number of fused-ring (bicyclic) bond motifs is 2. The zero-order valence-electron chi connectivity index (χ0n) is 22.1. The minimum Gasteiger partial charge on any atom is -0.478 e. The highest BCUT2D eigenvalue weighted by Gasteiger charge is 2.39. The molecule has 210 valence electrons. The minimum atomic E-state index is -4.65. The molecule has 1 aliphatic heterocycles. The zero-order chi connectivity index (χ0) is 29.9. The van der Waals surface area contributed by atoms with Crippen LogP contribution in [0, 0.1) is 13.8 Å². The van der Waals surface area contributed by atoms with Crippen molar-refractivity contribution in [1.82, 2.24) is 4.68 Å². The van der Waals surface area contributed by atoms with Crippen molar-refractivity contribution >= 4 is 40.1 Å². The topological polar surface area (TPSA) is 105 Å². The molecule has 5 aromatic rings. The molecule has 0 unspecified atom stereocenters. The molecule has 1 N–H and O–H groups in total. The average molecular weight is 572 g/mol. The average Bonchev–Trinajstić information content (AvgIpc) is 3.40. The highest BCUT2D eigenvalue weighted by atomic mass is 19.4. The van der Waals surface area contributed by atoms with E-state index in [0.29, 0.717) is 16.8 Å². The molecule has 0 radical (unpaired) electrons. The molecule has 1 amide bonds. The van der Waals surface area contributed by atoms with Crippen LogP contribution in [0.2, 0.25) is 0 Å². The van der Waals surface area contributed by atoms with Crippen molar-refractivity contribution in [2.45, 2.75) is 20.0 Å². The Labute approximate surface area is 235 Å². The summed E-state index contributed by atoms with van der Waals surface area (Å²) in [6.45, 7) is 3.61. The van der Waals surface area contributed by atoms with E-state index in [4.69, 9.17) is 4.42 Å². The molecular formula is C31H20F3N3O5. The van der Waals surface area contributed by atoms with Gasteiger partial charge in [0, 0.05) is 16.8 Å². The SMILES string of the molecule is Cc1cc(C)cc(N2C(=O)/C(=N\n3c(=O)oc4c(-c5cccc(C(=O)O)c5)cccc43)c3ccc(C(F)(F)F)cc32)c1. The van der Waals surface area contributed by atoms with Gasteiger partial charge in [0.1, 0.15) is 5.52 Å². The van der Waals surface area contributed by atoms with Crippen LogP contribution in [-0.2, 0) is 11.0 Å². The largest absolute Gasteiger partial charge is 0.478 e. The van der Waals surface area contributed by atoms with Crippen molar-refractivity contribution in [2.24, 2.45) is 5.10 Å². The fourth-order valence-corrected chi connectivity index (χ4v) is 5.13. The van der Waals surface area contributed by atoms with Crippen LogP contribution in [0.5, 0.6) is 0 Å². The lowest BCUT2D eigenvalue weighted by molar-refractivity contribution is -0.137. The molecule has 8 nitrogen and oxygen atoms in total. The Morgan fingerprint density at radius 2 is 1.60 bits per heavy atom. The summed E-state index contributed by atoms with van der Waals surface area (Å²) >= 11 is 0. The van der Waals surface area contributed by atoms with E-state index < -0.39 is 29.4 Å². The van der Waals surface area contributed by atoms with E-state index in [0.717, 1.165) is 38.9 Å². The van der Waals surface area contributed by atoms with Gasteiger partial charge in [-0.05, 0) is 79.1 Å². The van der Waals surface area contributed by atoms with Crippen molar-refractivity contribution in [3.8, 4) is 11.1 Å². The van der Waals surface area contributed by atoms with Crippen LogP contribution in [0.4, 0.5) is 24.5 Å². The molecule has 0 saturated carbocycles. The van der Waals surface area contributed by atoms with Crippen LogP contribution in [0.15, 0.2) is 93.2 Å². The van der Waals surface area contributed by atoms with E-state index in [-0.39, 0.29) is 33.6 Å². The number of carboxylic acids is 1. The number of hydrogen-bond acceptors (Lipinski definition) is 5. The number of anilines is 2. The van der Waals surface area contributed by atoms with Gasteiger partial charge in [-0.15, -0.1) is 0 Å². The Morgan fingerprint density at radius 3 is 2.29 bits per heavy atom. The first-order valence-corrected chi connectivity index (χ1v) is 12.6. The molecule has 4 aromatic carbocycles. The molecule has 0 atom stereocenters. The van der Waals surface area contributed by atoms with Crippen molar-refractivity contribution in [3.63, 3.8) is 0 Å². The van der Waals surface area contributed by atoms with E-state index >= 15 is 0 Å². The molecule has 0 saturated heterocycles. The van der Waals surface area contributed by atoms with Gasteiger partial charge in [-0.1, -0.05) is 30.3 Å². The zero-order valence-corrected chi connectivity index (χ0v) is 22.1. The Morgan fingerprint density at radius 1 is 0.881 bits per heavy atom. The predicted molar refractivity (Wildman–Crippen MR) is 149 cm³/mol. The van der Waals surface area contributed by atoms with Gasteiger partial charge in [0.05, 0.1) is 16.8 Å². The Balaban J connectivity index is 1.55. The van der Waals surface area contributed by atoms with Gasteiger partial charge in [0.2, 0.25) is 0 Å². The molecule has 0 bridgehead atoms. The first-order valence-electron chi connectivity index (χ1n) is 12.6. The molecule has 0 spiro atoms. The number of aromatic carboxylic acids is 1. The van der Waals surface area contributed by atoms with Gasteiger partial charge in [0.15, 0.2) is 11.3 Å². The number of aryl methyl sites for hydroxylation is 2. The minimum absolute atomic E-state index is 0.0226. The predicted octanol–water partition coefficient (Wildman–Crippen LogP) is 6.53. The van der Waals surface area contributed by atoms with Gasteiger partial charge in [-0.3, -0.25) is 9.69 Å². The third-order valence-corrected chi connectivity index (χ3v) is 6.90. The maximum Gasteiger partial charge on any atom is 0.440 e. The number of aromatic nitrogens is 1. The van der Waals surface area contributed by atoms with E-state index in [1.165, 1.54) is 18.2 Å². The molecule has 2 heterocycles. The normalized spacial score (nSPS) is 14.2. The second kappa shape index (κ2) is 9.58. The van der Waals surface area contributed by atoms with E-state index in [1.807, 2.05) is 6.07 Å².